The molecule has 5 heteroatoms. The first kappa shape index (κ1) is 9.76. The Morgan fingerprint density at radius 2 is 2.13 bits per heavy atom. The maximum Gasteiger partial charge on any atom is 0.127 e. The Hall–Kier alpha value is -1.78. The molecule has 0 saturated heterocycles. The van der Waals surface area contributed by atoms with E-state index < -0.39 is 0 Å². The highest BCUT2D eigenvalue weighted by atomic mass is 15.3. The lowest BCUT2D eigenvalue weighted by Crippen LogP contribution is -2.12. The van der Waals surface area contributed by atoms with Gasteiger partial charge in [0.2, 0.25) is 0 Å². The minimum atomic E-state index is 0.00308. The average molecular weight is 205 g/mol. The standard InChI is InChI=1S/C10H15N5/c1-10(2,3)8-4-9(11)15(14-8)7-5-12-13-6-7/h4-6H,11H2,1-3H3,(H,12,13). The molecule has 2 heterocycles. The number of hydrogen-bond donors (Lipinski definition) is 2. The third-order valence-electron chi connectivity index (χ3n) is 2.23. The molecule has 2 aromatic rings. The van der Waals surface area contributed by atoms with Crippen LogP contribution in [0.2, 0.25) is 0 Å². The van der Waals surface area contributed by atoms with Gasteiger partial charge in [0.1, 0.15) is 11.5 Å². The fraction of sp³-hybridized carbons (Fsp3) is 0.400. The zero-order valence-electron chi connectivity index (χ0n) is 9.15. The van der Waals surface area contributed by atoms with E-state index >= 15 is 0 Å². The predicted molar refractivity (Wildman–Crippen MR) is 58.8 cm³/mol. The molecule has 80 valence electrons. The average Bonchev–Trinajstić information content (AvgIpc) is 2.69. The summed E-state index contributed by atoms with van der Waals surface area (Å²) >= 11 is 0. The maximum atomic E-state index is 5.89. The second-order valence-corrected chi connectivity index (χ2v) is 4.57. The molecule has 0 aliphatic carbocycles. The van der Waals surface area contributed by atoms with Crippen molar-refractivity contribution in [1.82, 2.24) is 20.0 Å². The Morgan fingerprint density at radius 1 is 1.40 bits per heavy atom. The number of hydrogen-bond acceptors (Lipinski definition) is 3. The number of rotatable bonds is 1. The van der Waals surface area contributed by atoms with Gasteiger partial charge in [-0.25, -0.2) is 4.68 Å². The van der Waals surface area contributed by atoms with E-state index in [4.69, 9.17) is 5.73 Å². The summed E-state index contributed by atoms with van der Waals surface area (Å²) in [5.41, 5.74) is 7.71. The van der Waals surface area contributed by atoms with Gasteiger partial charge in [0.05, 0.1) is 11.9 Å². The molecule has 0 saturated carbocycles. The highest BCUT2D eigenvalue weighted by molar-refractivity contribution is 5.41. The van der Waals surface area contributed by atoms with Gasteiger partial charge < -0.3 is 5.73 Å². The van der Waals surface area contributed by atoms with Crippen LogP contribution in [0.4, 0.5) is 5.82 Å². The van der Waals surface area contributed by atoms with Crippen molar-refractivity contribution < 1.29 is 0 Å². The Balaban J connectivity index is 2.47. The molecule has 0 aliphatic rings. The summed E-state index contributed by atoms with van der Waals surface area (Å²) in [7, 11) is 0. The van der Waals surface area contributed by atoms with Crippen LogP contribution in [0.15, 0.2) is 18.5 Å². The second-order valence-electron chi connectivity index (χ2n) is 4.57. The summed E-state index contributed by atoms with van der Waals surface area (Å²) in [5, 5.41) is 11.1. The summed E-state index contributed by atoms with van der Waals surface area (Å²) in [6.45, 7) is 6.32. The predicted octanol–water partition coefficient (Wildman–Crippen LogP) is 1.48. The molecule has 0 radical (unpaired) electrons. The molecule has 2 aromatic heterocycles. The molecule has 15 heavy (non-hydrogen) atoms. The number of nitrogens with one attached hydrogen (secondary N) is 1. The van der Waals surface area contributed by atoms with Crippen LogP contribution < -0.4 is 5.73 Å². The van der Waals surface area contributed by atoms with E-state index in [-0.39, 0.29) is 5.41 Å². The van der Waals surface area contributed by atoms with Crippen LogP contribution in [0.3, 0.4) is 0 Å². The number of nitrogen functional groups attached to an aromatic ring is 1. The lowest BCUT2D eigenvalue weighted by atomic mass is 9.92. The van der Waals surface area contributed by atoms with E-state index in [0.29, 0.717) is 5.82 Å². The molecular weight excluding hydrogens is 190 g/mol. The molecule has 0 aromatic carbocycles. The third kappa shape index (κ3) is 1.72. The van der Waals surface area contributed by atoms with Gasteiger partial charge in [-0.2, -0.15) is 10.2 Å². The minimum Gasteiger partial charge on any atom is -0.384 e. The van der Waals surface area contributed by atoms with Gasteiger partial charge in [-0.15, -0.1) is 0 Å². The quantitative estimate of drug-likeness (QED) is 0.740. The smallest absolute Gasteiger partial charge is 0.127 e. The fourth-order valence-corrected chi connectivity index (χ4v) is 1.33. The van der Waals surface area contributed by atoms with Gasteiger partial charge in [0.25, 0.3) is 0 Å². The number of nitrogens with zero attached hydrogens (tertiary/aromatic N) is 3. The highest BCUT2D eigenvalue weighted by Crippen LogP contribution is 2.24. The zero-order valence-corrected chi connectivity index (χ0v) is 9.15. The molecule has 0 bridgehead atoms. The first-order valence-electron chi connectivity index (χ1n) is 4.83. The second kappa shape index (κ2) is 3.12. The molecule has 0 aliphatic heterocycles. The van der Waals surface area contributed by atoms with Crippen molar-refractivity contribution in [3.63, 3.8) is 0 Å². The first-order valence-corrected chi connectivity index (χ1v) is 4.83. The number of nitrogens with two attached hydrogens (primary N) is 1. The topological polar surface area (TPSA) is 72.5 Å². The van der Waals surface area contributed by atoms with Crippen molar-refractivity contribution in [2.45, 2.75) is 26.2 Å². The van der Waals surface area contributed by atoms with Gasteiger partial charge in [-0.1, -0.05) is 20.8 Å². The van der Waals surface area contributed by atoms with Crippen LogP contribution in [-0.2, 0) is 5.41 Å². The minimum absolute atomic E-state index is 0.00308. The van der Waals surface area contributed by atoms with Crippen LogP contribution in [0.5, 0.6) is 0 Å². The number of anilines is 1. The maximum absolute atomic E-state index is 5.89. The monoisotopic (exact) mass is 205 g/mol. The molecular formula is C10H15N5. The van der Waals surface area contributed by atoms with Crippen LogP contribution in [0.25, 0.3) is 5.69 Å². The van der Waals surface area contributed by atoms with Crippen molar-refractivity contribution in [3.05, 3.63) is 24.2 Å². The summed E-state index contributed by atoms with van der Waals surface area (Å²) in [6, 6.07) is 1.90. The molecule has 2 rings (SSSR count). The molecule has 0 unspecified atom stereocenters. The largest absolute Gasteiger partial charge is 0.384 e. The number of aromatic nitrogens is 4. The van der Waals surface area contributed by atoms with Crippen molar-refractivity contribution in [2.24, 2.45) is 0 Å². The van der Waals surface area contributed by atoms with E-state index in [9.17, 15) is 0 Å². The van der Waals surface area contributed by atoms with E-state index in [2.05, 4.69) is 36.1 Å². The van der Waals surface area contributed by atoms with Crippen LogP contribution in [0, 0.1) is 0 Å². The summed E-state index contributed by atoms with van der Waals surface area (Å²) in [5.74, 6) is 0.626. The van der Waals surface area contributed by atoms with Gasteiger partial charge in [-0.3, -0.25) is 5.10 Å². The molecule has 0 amide bonds. The number of aromatic amines is 1. The lowest BCUT2D eigenvalue weighted by molar-refractivity contribution is 0.560. The Labute approximate surface area is 88.3 Å². The molecule has 0 spiro atoms. The molecule has 0 fully saturated rings. The highest BCUT2D eigenvalue weighted by Gasteiger charge is 2.19. The molecule has 0 atom stereocenters. The lowest BCUT2D eigenvalue weighted by Gasteiger charge is -2.13. The van der Waals surface area contributed by atoms with Crippen molar-refractivity contribution in [3.8, 4) is 5.69 Å². The number of H-pyrrole nitrogens is 1. The van der Waals surface area contributed by atoms with Crippen molar-refractivity contribution in [1.29, 1.82) is 0 Å². The third-order valence-corrected chi connectivity index (χ3v) is 2.23. The van der Waals surface area contributed by atoms with Gasteiger partial charge >= 0.3 is 0 Å². The first-order chi connectivity index (χ1) is 6.98. The molecule has 5 nitrogen and oxygen atoms in total. The van der Waals surface area contributed by atoms with Crippen LogP contribution >= 0.6 is 0 Å². The van der Waals surface area contributed by atoms with E-state index in [0.717, 1.165) is 11.4 Å². The van der Waals surface area contributed by atoms with Crippen molar-refractivity contribution >= 4 is 5.82 Å². The van der Waals surface area contributed by atoms with Gasteiger partial charge in [0.15, 0.2) is 0 Å². The van der Waals surface area contributed by atoms with Crippen LogP contribution in [0.1, 0.15) is 26.5 Å². The SMILES string of the molecule is CC(C)(C)c1cc(N)n(-c2cn[nH]c2)n1. The normalized spacial score (nSPS) is 11.9. The molecule has 3 N–H and O–H groups in total. The summed E-state index contributed by atoms with van der Waals surface area (Å²) in [4.78, 5) is 0. The fourth-order valence-electron chi connectivity index (χ4n) is 1.33. The van der Waals surface area contributed by atoms with E-state index in [1.165, 1.54) is 0 Å². The van der Waals surface area contributed by atoms with Gasteiger partial charge in [0, 0.05) is 17.7 Å². The van der Waals surface area contributed by atoms with Crippen LogP contribution in [-0.4, -0.2) is 20.0 Å². The Kier molecular flexibility index (Phi) is 2.03. The summed E-state index contributed by atoms with van der Waals surface area (Å²) < 4.78 is 1.68. The Morgan fingerprint density at radius 3 is 2.60 bits per heavy atom. The van der Waals surface area contributed by atoms with Gasteiger partial charge in [-0.05, 0) is 0 Å². The van der Waals surface area contributed by atoms with E-state index in [1.54, 1.807) is 17.1 Å². The zero-order chi connectivity index (χ0) is 11.1. The van der Waals surface area contributed by atoms with E-state index in [1.807, 2.05) is 6.07 Å². The summed E-state index contributed by atoms with van der Waals surface area (Å²) in [6.07, 6.45) is 3.45. The van der Waals surface area contributed by atoms with Crippen molar-refractivity contribution in [2.75, 3.05) is 5.73 Å². The Bertz CT molecular complexity index is 447.